The predicted octanol–water partition coefficient (Wildman–Crippen LogP) is 3.63. The number of benzene rings is 2. The van der Waals surface area contributed by atoms with Crippen LogP contribution in [0.2, 0.25) is 0 Å². The van der Waals surface area contributed by atoms with Gasteiger partial charge < -0.3 is 20.1 Å². The maximum Gasteiger partial charge on any atom is 0.407 e. The van der Waals surface area contributed by atoms with E-state index < -0.39 is 18.1 Å². The molecule has 1 fully saturated rings. The van der Waals surface area contributed by atoms with Gasteiger partial charge in [-0.25, -0.2) is 9.59 Å². The maximum atomic E-state index is 12.6. The smallest absolute Gasteiger partial charge is 0.407 e. The van der Waals surface area contributed by atoms with Gasteiger partial charge in [0, 0.05) is 25.4 Å². The zero-order valence-electron chi connectivity index (χ0n) is 18.3. The Morgan fingerprint density at radius 1 is 1.06 bits per heavy atom. The number of hydrogen-bond acceptors (Lipinski definition) is 4. The zero-order chi connectivity index (χ0) is 22.8. The zero-order valence-corrected chi connectivity index (χ0v) is 18.3. The fourth-order valence-electron chi connectivity index (χ4n) is 4.34. The maximum absolute atomic E-state index is 12.6. The molecule has 1 saturated carbocycles. The fraction of sp³-hybridized carbons (Fsp3) is 0.400. The van der Waals surface area contributed by atoms with E-state index in [1.165, 1.54) is 18.9 Å². The highest BCUT2D eigenvalue weighted by atomic mass is 16.5. The van der Waals surface area contributed by atoms with Crippen molar-refractivity contribution in [3.05, 3.63) is 59.7 Å². The summed E-state index contributed by atoms with van der Waals surface area (Å²) >= 11 is 0. The van der Waals surface area contributed by atoms with Crippen LogP contribution in [0.1, 0.15) is 43.2 Å². The topological polar surface area (TPSA) is 95.9 Å². The Bertz CT molecular complexity index is 987. The van der Waals surface area contributed by atoms with Crippen LogP contribution >= 0.6 is 0 Å². The number of carbonyl (C=O) groups is 3. The molecule has 7 heteroatoms. The molecular weight excluding hydrogens is 408 g/mol. The van der Waals surface area contributed by atoms with Crippen LogP contribution in [-0.2, 0) is 14.3 Å². The minimum absolute atomic E-state index is 0.0308. The van der Waals surface area contributed by atoms with E-state index in [1.54, 1.807) is 0 Å². The highest BCUT2D eigenvalue weighted by Gasteiger charge is 2.36. The lowest BCUT2D eigenvalue weighted by atomic mass is 9.98. The Kier molecular flexibility index (Phi) is 6.17. The number of aliphatic carboxylic acids is 1. The van der Waals surface area contributed by atoms with Gasteiger partial charge in [0.15, 0.2) is 0 Å². The van der Waals surface area contributed by atoms with Crippen LogP contribution in [-0.4, -0.2) is 53.7 Å². The summed E-state index contributed by atoms with van der Waals surface area (Å²) in [7, 11) is 1.47. The highest BCUT2D eigenvalue weighted by Crippen LogP contribution is 2.44. The molecule has 2 amide bonds. The van der Waals surface area contributed by atoms with E-state index in [0.29, 0.717) is 0 Å². The van der Waals surface area contributed by atoms with E-state index in [0.717, 1.165) is 35.1 Å². The first-order valence-corrected chi connectivity index (χ1v) is 11.0. The largest absolute Gasteiger partial charge is 0.480 e. The molecule has 0 radical (unpaired) electrons. The van der Waals surface area contributed by atoms with Gasteiger partial charge in [-0.1, -0.05) is 48.5 Å². The Labute approximate surface area is 187 Å². The van der Waals surface area contributed by atoms with Gasteiger partial charge in [0.2, 0.25) is 5.91 Å². The number of rotatable bonds is 8. The normalized spacial score (nSPS) is 16.4. The number of amides is 2. The van der Waals surface area contributed by atoms with Crippen molar-refractivity contribution in [1.82, 2.24) is 10.2 Å². The molecule has 2 unspecified atom stereocenters. The third-order valence-electron chi connectivity index (χ3n) is 6.56. The van der Waals surface area contributed by atoms with Crippen LogP contribution in [0.4, 0.5) is 4.79 Å². The van der Waals surface area contributed by atoms with Gasteiger partial charge in [0.25, 0.3) is 0 Å². The lowest BCUT2D eigenvalue weighted by Crippen LogP contribution is -2.45. The summed E-state index contributed by atoms with van der Waals surface area (Å²) in [5, 5.41) is 12.0. The molecule has 0 saturated heterocycles. The second kappa shape index (κ2) is 9.02. The molecule has 2 aliphatic rings. The summed E-state index contributed by atoms with van der Waals surface area (Å²) in [4.78, 5) is 37.5. The number of carbonyl (C=O) groups excluding carboxylic acids is 2. The van der Waals surface area contributed by atoms with Crippen LogP contribution < -0.4 is 5.32 Å². The minimum atomic E-state index is -1.06. The first-order valence-electron chi connectivity index (χ1n) is 11.0. The molecule has 7 nitrogen and oxygen atoms in total. The summed E-state index contributed by atoms with van der Waals surface area (Å²) in [5.41, 5.74) is 4.60. The fourth-order valence-corrected chi connectivity index (χ4v) is 4.34. The SMILES string of the molecule is CC(C(=O)O)N(C)C(=O)CC(NC(=O)OCC1c2ccccc2-c2ccccc21)C1CC1. The molecule has 0 heterocycles. The molecule has 168 valence electrons. The third-order valence-corrected chi connectivity index (χ3v) is 6.56. The standard InChI is InChI=1S/C25H28N2O5/c1-15(24(29)30)27(2)23(28)13-22(16-11-12-16)26-25(31)32-14-21-19-9-5-3-7-17(19)18-8-4-6-10-20(18)21/h3-10,15-16,21-22H,11-14H2,1-2H3,(H,26,31)(H,29,30). The van der Waals surface area contributed by atoms with Crippen molar-refractivity contribution in [1.29, 1.82) is 0 Å². The van der Waals surface area contributed by atoms with E-state index in [9.17, 15) is 14.4 Å². The van der Waals surface area contributed by atoms with Gasteiger partial charge >= 0.3 is 12.1 Å². The van der Waals surface area contributed by atoms with Gasteiger partial charge in [0.05, 0.1) is 0 Å². The van der Waals surface area contributed by atoms with Crippen LogP contribution in [0.15, 0.2) is 48.5 Å². The van der Waals surface area contributed by atoms with Gasteiger partial charge in [-0.2, -0.15) is 0 Å². The van der Waals surface area contributed by atoms with Crippen molar-refractivity contribution in [2.75, 3.05) is 13.7 Å². The van der Waals surface area contributed by atoms with Crippen LogP contribution in [0.25, 0.3) is 11.1 Å². The van der Waals surface area contributed by atoms with E-state index in [-0.39, 0.29) is 36.8 Å². The lowest BCUT2D eigenvalue weighted by Gasteiger charge is -2.25. The van der Waals surface area contributed by atoms with Crippen molar-refractivity contribution in [3.63, 3.8) is 0 Å². The first-order chi connectivity index (χ1) is 15.4. The molecule has 0 aromatic heterocycles. The number of carboxylic acid groups (broad SMARTS) is 1. The van der Waals surface area contributed by atoms with Gasteiger partial charge in [-0.3, -0.25) is 4.79 Å². The molecular formula is C25H28N2O5. The van der Waals surface area contributed by atoms with Crippen molar-refractivity contribution in [2.24, 2.45) is 5.92 Å². The Balaban J connectivity index is 1.38. The molecule has 0 spiro atoms. The van der Waals surface area contributed by atoms with E-state index >= 15 is 0 Å². The van der Waals surface area contributed by atoms with Crippen molar-refractivity contribution < 1.29 is 24.2 Å². The number of hydrogen-bond donors (Lipinski definition) is 2. The van der Waals surface area contributed by atoms with E-state index in [1.807, 2.05) is 24.3 Å². The minimum Gasteiger partial charge on any atom is -0.480 e. The van der Waals surface area contributed by atoms with Crippen LogP contribution in [0.3, 0.4) is 0 Å². The van der Waals surface area contributed by atoms with Gasteiger partial charge in [0.1, 0.15) is 12.6 Å². The average molecular weight is 437 g/mol. The Hall–Kier alpha value is -3.35. The predicted molar refractivity (Wildman–Crippen MR) is 119 cm³/mol. The summed E-state index contributed by atoms with van der Waals surface area (Å²) in [5.74, 6) is -1.19. The molecule has 0 bridgehead atoms. The monoisotopic (exact) mass is 436 g/mol. The highest BCUT2D eigenvalue weighted by molar-refractivity contribution is 5.84. The molecule has 4 rings (SSSR count). The Morgan fingerprint density at radius 3 is 2.16 bits per heavy atom. The third kappa shape index (κ3) is 4.47. The molecule has 2 aromatic carbocycles. The van der Waals surface area contributed by atoms with Gasteiger partial charge in [-0.05, 0) is 47.9 Å². The van der Waals surface area contributed by atoms with E-state index in [4.69, 9.17) is 9.84 Å². The molecule has 2 N–H and O–H groups in total. The number of alkyl carbamates (subject to hydrolysis) is 1. The molecule has 2 atom stereocenters. The quantitative estimate of drug-likeness (QED) is 0.659. The van der Waals surface area contributed by atoms with E-state index in [2.05, 4.69) is 29.6 Å². The first kappa shape index (κ1) is 21.9. The van der Waals surface area contributed by atoms with Crippen molar-refractivity contribution in [3.8, 4) is 11.1 Å². The summed E-state index contributed by atoms with van der Waals surface area (Å²) in [6, 6.07) is 15.0. The number of nitrogens with one attached hydrogen (secondary N) is 1. The van der Waals surface area contributed by atoms with Crippen molar-refractivity contribution >= 4 is 18.0 Å². The number of likely N-dealkylation sites (N-methyl/N-ethyl adjacent to an activating group) is 1. The van der Waals surface area contributed by atoms with Gasteiger partial charge in [-0.15, -0.1) is 0 Å². The summed E-state index contributed by atoms with van der Waals surface area (Å²) < 4.78 is 5.61. The lowest BCUT2D eigenvalue weighted by molar-refractivity contribution is -0.148. The molecule has 2 aromatic rings. The number of carboxylic acids is 1. The second-order valence-corrected chi connectivity index (χ2v) is 8.64. The number of ether oxygens (including phenoxy) is 1. The Morgan fingerprint density at radius 2 is 1.62 bits per heavy atom. The van der Waals surface area contributed by atoms with Crippen molar-refractivity contribution in [2.45, 2.75) is 44.2 Å². The second-order valence-electron chi connectivity index (χ2n) is 8.64. The summed E-state index contributed by atoms with van der Waals surface area (Å²) in [6.07, 6.45) is 1.37. The molecule has 2 aliphatic carbocycles. The van der Waals surface area contributed by atoms with Crippen LogP contribution in [0, 0.1) is 5.92 Å². The summed E-state index contributed by atoms with van der Waals surface area (Å²) in [6.45, 7) is 1.67. The molecule has 32 heavy (non-hydrogen) atoms. The number of fused-ring (bicyclic) bond motifs is 3. The molecule has 0 aliphatic heterocycles. The average Bonchev–Trinajstić information content (AvgIpc) is 3.59. The van der Waals surface area contributed by atoms with Crippen LogP contribution in [0.5, 0.6) is 0 Å². The number of nitrogens with zero attached hydrogens (tertiary/aromatic N) is 1.